The number of H-pyrrole nitrogens is 1. The minimum absolute atomic E-state index is 0.139. The fourth-order valence-corrected chi connectivity index (χ4v) is 2.55. The largest absolute Gasteiger partial charge is 0.349 e. The van der Waals surface area contributed by atoms with Crippen molar-refractivity contribution in [2.75, 3.05) is 0 Å². The van der Waals surface area contributed by atoms with Crippen LogP contribution in [0, 0.1) is 5.92 Å². The summed E-state index contributed by atoms with van der Waals surface area (Å²) in [5.74, 6) is 0.373. The zero-order valence-corrected chi connectivity index (χ0v) is 10.7. The van der Waals surface area contributed by atoms with Gasteiger partial charge in [-0.15, -0.1) is 0 Å². The molecule has 0 spiro atoms. The van der Waals surface area contributed by atoms with Crippen molar-refractivity contribution in [3.05, 3.63) is 34.2 Å². The average Bonchev–Trinajstić information content (AvgIpc) is 2.55. The highest BCUT2D eigenvalue weighted by atomic mass is 16.2. The summed E-state index contributed by atoms with van der Waals surface area (Å²) in [5, 5.41) is 3.06. The third-order valence-corrected chi connectivity index (χ3v) is 3.72. The summed E-state index contributed by atoms with van der Waals surface area (Å²) in [6.45, 7) is 2.19. The van der Waals surface area contributed by atoms with Crippen LogP contribution in [0.15, 0.2) is 23.1 Å². The van der Waals surface area contributed by atoms with Crippen LogP contribution in [0.3, 0.4) is 0 Å². The van der Waals surface area contributed by atoms with E-state index < -0.39 is 0 Å². The summed E-state index contributed by atoms with van der Waals surface area (Å²) >= 11 is 0. The van der Waals surface area contributed by atoms with Crippen LogP contribution in [-0.2, 0) is 0 Å². The Labute approximate surface area is 107 Å². The van der Waals surface area contributed by atoms with Crippen molar-refractivity contribution in [1.29, 1.82) is 0 Å². The Bertz CT molecular complexity index is 467. The Morgan fingerprint density at radius 2 is 2.11 bits per heavy atom. The molecule has 2 unspecified atom stereocenters. The summed E-state index contributed by atoms with van der Waals surface area (Å²) in [4.78, 5) is 25.7. The van der Waals surface area contributed by atoms with E-state index in [2.05, 4.69) is 17.2 Å². The number of carbonyl (C=O) groups is 1. The fraction of sp³-hybridized carbons (Fsp3) is 0.571. The first-order valence-corrected chi connectivity index (χ1v) is 6.66. The van der Waals surface area contributed by atoms with Gasteiger partial charge in [-0.2, -0.15) is 0 Å². The van der Waals surface area contributed by atoms with Crippen molar-refractivity contribution in [3.63, 3.8) is 0 Å². The van der Waals surface area contributed by atoms with Gasteiger partial charge in [0.15, 0.2) is 0 Å². The molecule has 0 radical (unpaired) electrons. The van der Waals surface area contributed by atoms with E-state index in [4.69, 9.17) is 0 Å². The van der Waals surface area contributed by atoms with Crippen molar-refractivity contribution >= 4 is 5.91 Å². The van der Waals surface area contributed by atoms with Gasteiger partial charge < -0.3 is 10.3 Å². The number of aromatic nitrogens is 1. The lowest BCUT2D eigenvalue weighted by molar-refractivity contribution is 0.0921. The van der Waals surface area contributed by atoms with Crippen LogP contribution in [0.4, 0.5) is 0 Å². The van der Waals surface area contributed by atoms with Crippen LogP contribution in [0.5, 0.6) is 0 Å². The third kappa shape index (κ3) is 3.22. The summed E-state index contributed by atoms with van der Waals surface area (Å²) < 4.78 is 0. The van der Waals surface area contributed by atoms with Crippen LogP contribution in [0.1, 0.15) is 49.4 Å². The normalized spacial score (nSPS) is 24.3. The van der Waals surface area contributed by atoms with Gasteiger partial charge in [-0.25, -0.2) is 0 Å². The van der Waals surface area contributed by atoms with Gasteiger partial charge in [0.25, 0.3) is 5.91 Å². The number of rotatable bonds is 2. The minimum atomic E-state index is -0.239. The first-order valence-electron chi connectivity index (χ1n) is 6.66. The molecule has 1 aromatic heterocycles. The SMILES string of the molecule is CC1CCCCCC1NC(=O)c1cc[nH]c(=O)c1. The smallest absolute Gasteiger partial charge is 0.251 e. The minimum Gasteiger partial charge on any atom is -0.349 e. The molecule has 0 saturated heterocycles. The lowest BCUT2D eigenvalue weighted by Gasteiger charge is -2.22. The van der Waals surface area contributed by atoms with Crippen molar-refractivity contribution in [3.8, 4) is 0 Å². The topological polar surface area (TPSA) is 62.0 Å². The molecule has 1 fully saturated rings. The molecular formula is C14H20N2O2. The number of aromatic amines is 1. The molecule has 1 aromatic rings. The summed E-state index contributed by atoms with van der Waals surface area (Å²) in [6.07, 6.45) is 7.38. The molecule has 2 rings (SSSR count). The molecule has 2 atom stereocenters. The van der Waals surface area contributed by atoms with Crippen molar-refractivity contribution in [2.24, 2.45) is 5.92 Å². The van der Waals surface area contributed by atoms with E-state index in [9.17, 15) is 9.59 Å². The van der Waals surface area contributed by atoms with Crippen LogP contribution in [0.25, 0.3) is 0 Å². The molecular weight excluding hydrogens is 228 g/mol. The van der Waals surface area contributed by atoms with Crippen LogP contribution in [0.2, 0.25) is 0 Å². The lowest BCUT2D eigenvalue weighted by atomic mass is 9.96. The quantitative estimate of drug-likeness (QED) is 0.787. The molecule has 2 N–H and O–H groups in total. The molecule has 0 aliphatic heterocycles. The summed E-state index contributed by atoms with van der Waals surface area (Å²) in [5.41, 5.74) is 0.201. The maximum absolute atomic E-state index is 12.1. The molecule has 1 aliphatic carbocycles. The fourth-order valence-electron chi connectivity index (χ4n) is 2.55. The molecule has 1 saturated carbocycles. The molecule has 0 bridgehead atoms. The second-order valence-corrected chi connectivity index (χ2v) is 5.14. The third-order valence-electron chi connectivity index (χ3n) is 3.72. The number of nitrogens with one attached hydrogen (secondary N) is 2. The zero-order chi connectivity index (χ0) is 13.0. The van der Waals surface area contributed by atoms with Gasteiger partial charge in [-0.1, -0.05) is 26.2 Å². The van der Waals surface area contributed by atoms with Gasteiger partial charge in [-0.05, 0) is 24.8 Å². The maximum Gasteiger partial charge on any atom is 0.251 e. The van der Waals surface area contributed by atoms with E-state index >= 15 is 0 Å². The standard InChI is InChI=1S/C14H20N2O2/c1-10-5-3-2-4-6-12(10)16-14(18)11-7-8-15-13(17)9-11/h7-10,12H,2-6H2,1H3,(H,15,17)(H,16,18). The Hall–Kier alpha value is -1.58. The number of hydrogen-bond acceptors (Lipinski definition) is 2. The summed E-state index contributed by atoms with van der Waals surface area (Å²) in [7, 11) is 0. The number of pyridine rings is 1. The first-order chi connectivity index (χ1) is 8.66. The van der Waals surface area contributed by atoms with E-state index in [0.717, 1.165) is 6.42 Å². The van der Waals surface area contributed by atoms with E-state index in [1.807, 2.05) is 0 Å². The second-order valence-electron chi connectivity index (χ2n) is 5.14. The van der Waals surface area contributed by atoms with E-state index in [1.165, 1.54) is 37.9 Å². The number of carbonyl (C=O) groups excluding carboxylic acids is 1. The van der Waals surface area contributed by atoms with Gasteiger partial charge in [0.05, 0.1) is 0 Å². The van der Waals surface area contributed by atoms with Gasteiger partial charge in [-0.3, -0.25) is 9.59 Å². The highest BCUT2D eigenvalue weighted by Gasteiger charge is 2.22. The van der Waals surface area contributed by atoms with Crippen molar-refractivity contribution in [2.45, 2.75) is 45.1 Å². The molecule has 4 nitrogen and oxygen atoms in total. The van der Waals surface area contributed by atoms with Gasteiger partial charge in [0.1, 0.15) is 0 Å². The predicted molar refractivity (Wildman–Crippen MR) is 70.6 cm³/mol. The van der Waals surface area contributed by atoms with Gasteiger partial charge in [0, 0.05) is 23.9 Å². The monoisotopic (exact) mass is 248 g/mol. The Morgan fingerprint density at radius 1 is 1.33 bits per heavy atom. The van der Waals surface area contributed by atoms with E-state index in [1.54, 1.807) is 6.07 Å². The first kappa shape index (κ1) is 12.9. The highest BCUT2D eigenvalue weighted by molar-refractivity contribution is 5.94. The van der Waals surface area contributed by atoms with Gasteiger partial charge in [0.2, 0.25) is 5.56 Å². The zero-order valence-electron chi connectivity index (χ0n) is 10.7. The summed E-state index contributed by atoms with van der Waals surface area (Å²) in [6, 6.07) is 3.22. The lowest BCUT2D eigenvalue weighted by Crippen LogP contribution is -2.39. The van der Waals surface area contributed by atoms with Crippen molar-refractivity contribution < 1.29 is 4.79 Å². The van der Waals surface area contributed by atoms with E-state index in [0.29, 0.717) is 11.5 Å². The molecule has 98 valence electrons. The molecule has 0 aromatic carbocycles. The molecule has 1 amide bonds. The van der Waals surface area contributed by atoms with Crippen LogP contribution in [-0.4, -0.2) is 16.9 Å². The Morgan fingerprint density at radius 3 is 2.89 bits per heavy atom. The van der Waals surface area contributed by atoms with E-state index in [-0.39, 0.29) is 17.5 Å². The Balaban J connectivity index is 2.04. The van der Waals surface area contributed by atoms with Gasteiger partial charge >= 0.3 is 0 Å². The number of hydrogen-bond donors (Lipinski definition) is 2. The van der Waals surface area contributed by atoms with Crippen LogP contribution >= 0.6 is 0 Å². The Kier molecular flexibility index (Phi) is 4.18. The predicted octanol–water partition coefficient (Wildman–Crippen LogP) is 2.07. The second kappa shape index (κ2) is 5.85. The molecule has 18 heavy (non-hydrogen) atoms. The molecule has 1 aliphatic rings. The molecule has 4 heteroatoms. The average molecular weight is 248 g/mol. The number of amides is 1. The maximum atomic E-state index is 12.1. The molecule has 1 heterocycles. The van der Waals surface area contributed by atoms with Crippen LogP contribution < -0.4 is 10.9 Å². The highest BCUT2D eigenvalue weighted by Crippen LogP contribution is 2.23. The van der Waals surface area contributed by atoms with Crippen molar-refractivity contribution in [1.82, 2.24) is 10.3 Å².